The van der Waals surface area contributed by atoms with Crippen LogP contribution in [0.15, 0.2) is 4.99 Å². The normalized spacial score (nSPS) is 19.8. The van der Waals surface area contributed by atoms with E-state index in [0.29, 0.717) is 6.61 Å². The number of rotatable bonds is 0. The van der Waals surface area contributed by atoms with Crippen LogP contribution in [-0.4, -0.2) is 12.0 Å². The summed E-state index contributed by atoms with van der Waals surface area (Å²) in [6.45, 7) is 2.91. The van der Waals surface area contributed by atoms with E-state index in [4.69, 9.17) is 11.6 Å². The molecule has 0 unspecified atom stereocenters. The molecule has 0 spiro atoms. The van der Waals surface area contributed by atoms with Gasteiger partial charge in [0.25, 0.3) is 5.36 Å². The Balaban J connectivity index is 2.45. The molecule has 6 heavy (non-hydrogen) atoms. The Labute approximate surface area is 40.8 Å². The first-order chi connectivity index (χ1) is 2.89. The molecule has 1 aliphatic rings. The summed E-state index contributed by atoms with van der Waals surface area (Å²) in [6, 6.07) is 0. The number of aliphatic imine (C=N–C) groups is 1. The smallest absolute Gasteiger partial charge is 0.283 e. The molecular formula is C3H2ClNO. The Bertz CT molecular complexity index is 80.9. The second kappa shape index (κ2) is 1.47. The monoisotopic (exact) mass is 103 g/mol. The van der Waals surface area contributed by atoms with Gasteiger partial charge in [-0.05, 0) is 11.6 Å². The minimum atomic E-state index is 0.190. The van der Waals surface area contributed by atoms with Gasteiger partial charge in [0, 0.05) is 0 Å². The van der Waals surface area contributed by atoms with Crippen molar-refractivity contribution in [2.24, 2.45) is 4.99 Å². The summed E-state index contributed by atoms with van der Waals surface area (Å²) in [7, 11) is 0. The minimum Gasteiger partial charge on any atom is -0.466 e. The molecule has 32 valence electrons. The van der Waals surface area contributed by atoms with Gasteiger partial charge in [0.15, 0.2) is 6.54 Å². The lowest BCUT2D eigenvalue weighted by Crippen LogP contribution is -1.84. The quantitative estimate of drug-likeness (QED) is 0.441. The van der Waals surface area contributed by atoms with Gasteiger partial charge in [-0.3, -0.25) is 0 Å². The maximum Gasteiger partial charge on any atom is 0.283 e. The van der Waals surface area contributed by atoms with Gasteiger partial charge in [0.1, 0.15) is 6.61 Å². The first-order valence-corrected chi connectivity index (χ1v) is 1.86. The number of halogens is 1. The molecule has 1 heterocycles. The van der Waals surface area contributed by atoms with Crippen molar-refractivity contribution in [1.29, 1.82) is 0 Å². The van der Waals surface area contributed by atoms with Crippen LogP contribution in [0.2, 0.25) is 0 Å². The van der Waals surface area contributed by atoms with E-state index in [1.807, 2.05) is 0 Å². The summed E-state index contributed by atoms with van der Waals surface area (Å²) < 4.78 is 4.56. The zero-order valence-electron chi connectivity index (χ0n) is 2.94. The summed E-state index contributed by atoms with van der Waals surface area (Å²) >= 11 is 5.18. The topological polar surface area (TPSA) is 21.6 Å². The molecule has 3 heteroatoms. The van der Waals surface area contributed by atoms with E-state index in [1.54, 1.807) is 0 Å². The molecule has 0 aliphatic carbocycles. The predicted molar refractivity (Wildman–Crippen MR) is 22.5 cm³/mol. The van der Waals surface area contributed by atoms with Gasteiger partial charge in [0.05, 0.1) is 0 Å². The second-order valence-electron chi connectivity index (χ2n) is 0.812. The maximum atomic E-state index is 5.18. The van der Waals surface area contributed by atoms with Crippen LogP contribution in [0.25, 0.3) is 0 Å². The van der Waals surface area contributed by atoms with Gasteiger partial charge in [-0.15, -0.1) is 0 Å². The average molecular weight is 104 g/mol. The molecule has 0 saturated carbocycles. The van der Waals surface area contributed by atoms with Crippen molar-refractivity contribution in [2.75, 3.05) is 6.61 Å². The number of hydrogen-bond acceptors (Lipinski definition) is 2. The summed E-state index contributed by atoms with van der Waals surface area (Å²) in [6.07, 6.45) is 0. The van der Waals surface area contributed by atoms with Crippen molar-refractivity contribution in [3.05, 3.63) is 6.54 Å². The molecule has 0 aromatic carbocycles. The molecule has 0 fully saturated rings. The fraction of sp³-hybridized carbons (Fsp3) is 0.333. The van der Waals surface area contributed by atoms with Gasteiger partial charge < -0.3 is 4.74 Å². The number of nitrogens with zero attached hydrogens (tertiary/aromatic N) is 1. The Kier molecular flexibility index (Phi) is 0.965. The molecule has 1 aliphatic heterocycles. The van der Waals surface area contributed by atoms with Crippen LogP contribution < -0.4 is 0 Å². The van der Waals surface area contributed by atoms with E-state index >= 15 is 0 Å². The molecule has 2 nitrogen and oxygen atoms in total. The van der Waals surface area contributed by atoms with Gasteiger partial charge in [-0.25, -0.2) is 4.99 Å². The summed E-state index contributed by atoms with van der Waals surface area (Å²) in [5.41, 5.74) is 0. The number of hydrogen-bond donors (Lipinski definition) is 0. The average Bonchev–Trinajstić information content (AvgIpc) is 1.86. The molecule has 0 bridgehead atoms. The molecule has 0 amide bonds. The third-order valence-electron chi connectivity index (χ3n) is 0.423. The molecule has 0 saturated heterocycles. The Hall–Kier alpha value is -0.240. The number of ether oxygens (including phenoxy) is 1. The van der Waals surface area contributed by atoms with E-state index < -0.39 is 0 Å². The molecule has 0 N–H and O–H groups in total. The first kappa shape index (κ1) is 3.93. The van der Waals surface area contributed by atoms with Gasteiger partial charge in [-0.2, -0.15) is 0 Å². The van der Waals surface area contributed by atoms with E-state index in [0.717, 1.165) is 0 Å². The second-order valence-corrected chi connectivity index (χ2v) is 1.13. The van der Waals surface area contributed by atoms with E-state index in [2.05, 4.69) is 16.3 Å². The van der Waals surface area contributed by atoms with Gasteiger partial charge >= 0.3 is 0 Å². The molecule has 0 atom stereocenters. The van der Waals surface area contributed by atoms with Crippen molar-refractivity contribution in [2.45, 2.75) is 0 Å². The van der Waals surface area contributed by atoms with Crippen molar-refractivity contribution in [3.63, 3.8) is 0 Å². The molecule has 2 radical (unpaired) electrons. The highest BCUT2D eigenvalue weighted by Gasteiger charge is 2.01. The fourth-order valence-corrected chi connectivity index (χ4v) is 0.333. The highest BCUT2D eigenvalue weighted by Crippen LogP contribution is 1.99. The summed E-state index contributed by atoms with van der Waals surface area (Å²) in [5.74, 6) is 0. The summed E-state index contributed by atoms with van der Waals surface area (Å²) in [4.78, 5) is 3.45. The third kappa shape index (κ3) is 0.627. The highest BCUT2D eigenvalue weighted by molar-refractivity contribution is 6.63. The highest BCUT2D eigenvalue weighted by atomic mass is 35.5. The molecule has 0 aromatic rings. The van der Waals surface area contributed by atoms with Crippen LogP contribution in [0.4, 0.5) is 0 Å². The zero-order chi connectivity index (χ0) is 4.41. The third-order valence-corrected chi connectivity index (χ3v) is 0.616. The lowest BCUT2D eigenvalue weighted by Gasteiger charge is -1.82. The Morgan fingerprint density at radius 3 is 3.00 bits per heavy atom. The van der Waals surface area contributed by atoms with Crippen LogP contribution in [0, 0.1) is 6.54 Å². The molecule has 1 rings (SSSR count). The SMILES string of the molecule is ClC1=N[C]CO1. The van der Waals surface area contributed by atoms with Crippen LogP contribution in [0.1, 0.15) is 0 Å². The summed E-state index contributed by atoms with van der Waals surface area (Å²) in [5, 5.41) is 0.190. The minimum absolute atomic E-state index is 0.190. The lowest BCUT2D eigenvalue weighted by atomic mass is 10.8. The zero-order valence-corrected chi connectivity index (χ0v) is 3.70. The largest absolute Gasteiger partial charge is 0.466 e. The van der Waals surface area contributed by atoms with Crippen molar-refractivity contribution in [3.8, 4) is 0 Å². The molecule has 0 aromatic heterocycles. The van der Waals surface area contributed by atoms with Crippen molar-refractivity contribution in [1.82, 2.24) is 0 Å². The Morgan fingerprint density at radius 1 is 2.00 bits per heavy atom. The van der Waals surface area contributed by atoms with E-state index in [-0.39, 0.29) is 5.36 Å². The fourth-order valence-electron chi connectivity index (χ4n) is 0.219. The standard InChI is InChI=1S/C3H2ClNO/c4-3-5-1-2-6-3/h2H2. The van der Waals surface area contributed by atoms with Crippen molar-refractivity contribution < 1.29 is 4.74 Å². The van der Waals surface area contributed by atoms with E-state index in [1.165, 1.54) is 0 Å². The van der Waals surface area contributed by atoms with Crippen LogP contribution >= 0.6 is 11.6 Å². The van der Waals surface area contributed by atoms with Gasteiger partial charge in [-0.1, -0.05) is 0 Å². The van der Waals surface area contributed by atoms with Gasteiger partial charge in [0.2, 0.25) is 0 Å². The van der Waals surface area contributed by atoms with Crippen LogP contribution in [0.5, 0.6) is 0 Å². The van der Waals surface area contributed by atoms with Crippen LogP contribution in [0.3, 0.4) is 0 Å². The Morgan fingerprint density at radius 2 is 2.83 bits per heavy atom. The van der Waals surface area contributed by atoms with E-state index in [9.17, 15) is 0 Å². The van der Waals surface area contributed by atoms with Crippen LogP contribution in [-0.2, 0) is 4.74 Å². The predicted octanol–water partition coefficient (Wildman–Crippen LogP) is 0.650. The van der Waals surface area contributed by atoms with Crippen molar-refractivity contribution >= 4 is 17.0 Å². The first-order valence-electron chi connectivity index (χ1n) is 1.48. The molecular weight excluding hydrogens is 101 g/mol. The lowest BCUT2D eigenvalue weighted by molar-refractivity contribution is 0.370. The maximum absolute atomic E-state index is 5.18.